The SMILES string of the molecule is Cc1ccc(CO)cc1.Cc1ccc(CO[Si](C)(C)c2ccccc2)cc1. The summed E-state index contributed by atoms with van der Waals surface area (Å²) in [5.41, 5.74) is 4.74. The van der Waals surface area contributed by atoms with Crippen LogP contribution in [0.2, 0.25) is 13.1 Å². The summed E-state index contributed by atoms with van der Waals surface area (Å²) in [6, 6.07) is 26.9. The van der Waals surface area contributed by atoms with E-state index in [9.17, 15) is 0 Å². The van der Waals surface area contributed by atoms with E-state index in [0.29, 0.717) is 6.61 Å². The number of aryl methyl sites for hydroxylation is 2. The first kappa shape index (κ1) is 21.1. The summed E-state index contributed by atoms with van der Waals surface area (Å²) < 4.78 is 6.18. The third-order valence-corrected chi connectivity index (χ3v) is 7.08. The summed E-state index contributed by atoms with van der Waals surface area (Å²) in [6.07, 6.45) is 0. The molecule has 1 N–H and O–H groups in total. The van der Waals surface area contributed by atoms with Gasteiger partial charge in [0, 0.05) is 0 Å². The van der Waals surface area contributed by atoms with Crippen LogP contribution in [0.5, 0.6) is 0 Å². The van der Waals surface area contributed by atoms with Gasteiger partial charge >= 0.3 is 0 Å². The normalized spacial score (nSPS) is 10.9. The van der Waals surface area contributed by atoms with E-state index in [1.54, 1.807) is 0 Å². The highest BCUT2D eigenvalue weighted by molar-refractivity contribution is 6.84. The van der Waals surface area contributed by atoms with E-state index in [2.05, 4.69) is 68.5 Å². The fourth-order valence-electron chi connectivity index (χ4n) is 2.56. The number of aliphatic hydroxyl groups excluding tert-OH is 1. The zero-order valence-electron chi connectivity index (χ0n) is 16.8. The molecule has 142 valence electrons. The molecule has 0 heterocycles. The van der Waals surface area contributed by atoms with E-state index in [4.69, 9.17) is 9.53 Å². The Kier molecular flexibility index (Phi) is 7.98. The molecule has 3 rings (SSSR count). The smallest absolute Gasteiger partial charge is 0.218 e. The van der Waals surface area contributed by atoms with Crippen LogP contribution in [0.4, 0.5) is 0 Å². The molecule has 0 aromatic heterocycles. The van der Waals surface area contributed by atoms with Crippen molar-refractivity contribution in [3.63, 3.8) is 0 Å². The lowest BCUT2D eigenvalue weighted by Gasteiger charge is -2.23. The van der Waals surface area contributed by atoms with E-state index in [1.807, 2.05) is 37.3 Å². The van der Waals surface area contributed by atoms with Crippen LogP contribution in [0.1, 0.15) is 22.3 Å². The molecule has 0 amide bonds. The molecule has 0 unspecified atom stereocenters. The third-order valence-electron chi connectivity index (χ3n) is 4.49. The second kappa shape index (κ2) is 10.2. The van der Waals surface area contributed by atoms with Crippen LogP contribution < -0.4 is 5.19 Å². The minimum atomic E-state index is -1.78. The van der Waals surface area contributed by atoms with E-state index in [-0.39, 0.29) is 6.61 Å². The Balaban J connectivity index is 0.000000244. The molecule has 0 bridgehead atoms. The van der Waals surface area contributed by atoms with Crippen molar-refractivity contribution in [1.82, 2.24) is 0 Å². The Morgan fingerprint density at radius 3 is 1.67 bits per heavy atom. The molecule has 0 saturated heterocycles. The highest BCUT2D eigenvalue weighted by atomic mass is 28.4. The summed E-state index contributed by atoms with van der Waals surface area (Å²) in [5.74, 6) is 0. The summed E-state index contributed by atoms with van der Waals surface area (Å²) >= 11 is 0. The van der Waals surface area contributed by atoms with Crippen molar-refractivity contribution >= 4 is 13.5 Å². The second-order valence-electron chi connectivity index (χ2n) is 7.29. The molecule has 0 fully saturated rings. The van der Waals surface area contributed by atoms with Crippen LogP contribution in [0.3, 0.4) is 0 Å². The van der Waals surface area contributed by atoms with E-state index in [0.717, 1.165) is 5.56 Å². The van der Waals surface area contributed by atoms with Crippen molar-refractivity contribution in [2.24, 2.45) is 0 Å². The zero-order chi connectivity index (χ0) is 19.7. The lowest BCUT2D eigenvalue weighted by atomic mass is 10.2. The molecule has 3 heteroatoms. The molecule has 2 nitrogen and oxygen atoms in total. The van der Waals surface area contributed by atoms with Gasteiger partial charge in [-0.05, 0) is 43.3 Å². The van der Waals surface area contributed by atoms with Crippen molar-refractivity contribution in [3.8, 4) is 0 Å². The van der Waals surface area contributed by atoms with Crippen molar-refractivity contribution in [2.45, 2.75) is 40.2 Å². The van der Waals surface area contributed by atoms with Crippen LogP contribution >= 0.6 is 0 Å². The van der Waals surface area contributed by atoms with Crippen molar-refractivity contribution < 1.29 is 9.53 Å². The first-order valence-electron chi connectivity index (χ1n) is 9.32. The molecule has 0 saturated carbocycles. The predicted octanol–water partition coefficient (Wildman–Crippen LogP) is 5.11. The molecule has 3 aromatic rings. The maximum atomic E-state index is 8.63. The van der Waals surface area contributed by atoms with Gasteiger partial charge in [0.05, 0.1) is 13.2 Å². The number of hydrogen-bond donors (Lipinski definition) is 1. The molecule has 0 radical (unpaired) electrons. The molecular formula is C24H30O2Si. The highest BCUT2D eigenvalue weighted by Gasteiger charge is 2.24. The number of aliphatic hydroxyl groups is 1. The minimum Gasteiger partial charge on any atom is -0.409 e. The Bertz CT molecular complexity index is 794. The Hall–Kier alpha value is -2.20. The van der Waals surface area contributed by atoms with Crippen molar-refractivity contribution in [1.29, 1.82) is 0 Å². The first-order valence-corrected chi connectivity index (χ1v) is 12.2. The second-order valence-corrected chi connectivity index (χ2v) is 11.2. The van der Waals surface area contributed by atoms with E-state index in [1.165, 1.54) is 21.9 Å². The zero-order valence-corrected chi connectivity index (χ0v) is 17.8. The fourth-order valence-corrected chi connectivity index (χ4v) is 4.25. The first-order chi connectivity index (χ1) is 12.9. The van der Waals surface area contributed by atoms with Gasteiger partial charge in [0.1, 0.15) is 0 Å². The fraction of sp³-hybridized carbons (Fsp3) is 0.250. The van der Waals surface area contributed by atoms with Crippen LogP contribution in [-0.2, 0) is 17.6 Å². The number of hydrogen-bond acceptors (Lipinski definition) is 2. The van der Waals surface area contributed by atoms with Gasteiger partial charge in [0.15, 0.2) is 0 Å². The van der Waals surface area contributed by atoms with Gasteiger partial charge in [-0.15, -0.1) is 0 Å². The Labute approximate surface area is 164 Å². The van der Waals surface area contributed by atoms with Gasteiger partial charge in [0.25, 0.3) is 0 Å². The molecule has 0 spiro atoms. The Morgan fingerprint density at radius 1 is 0.704 bits per heavy atom. The molecule has 0 aliphatic carbocycles. The van der Waals surface area contributed by atoms with E-state index >= 15 is 0 Å². The quantitative estimate of drug-likeness (QED) is 0.625. The summed E-state index contributed by atoms with van der Waals surface area (Å²) in [6.45, 7) is 9.47. The van der Waals surface area contributed by atoms with E-state index < -0.39 is 8.32 Å². The van der Waals surface area contributed by atoms with Crippen molar-refractivity contribution in [3.05, 3.63) is 101 Å². The average Bonchev–Trinajstić information content (AvgIpc) is 2.69. The highest BCUT2D eigenvalue weighted by Crippen LogP contribution is 2.11. The minimum absolute atomic E-state index is 0.139. The molecular weight excluding hydrogens is 348 g/mol. The van der Waals surface area contributed by atoms with Gasteiger partial charge in [-0.25, -0.2) is 0 Å². The third kappa shape index (κ3) is 7.14. The maximum Gasteiger partial charge on any atom is 0.218 e. The summed E-state index contributed by atoms with van der Waals surface area (Å²) in [4.78, 5) is 0. The van der Waals surface area contributed by atoms with Crippen LogP contribution in [0.15, 0.2) is 78.9 Å². The topological polar surface area (TPSA) is 29.5 Å². The molecule has 0 atom stereocenters. The van der Waals surface area contributed by atoms with Gasteiger partial charge in [-0.2, -0.15) is 0 Å². The molecule has 0 aliphatic rings. The van der Waals surface area contributed by atoms with Gasteiger partial charge in [0.2, 0.25) is 8.32 Å². The largest absolute Gasteiger partial charge is 0.409 e. The predicted molar refractivity (Wildman–Crippen MR) is 117 cm³/mol. The maximum absolute atomic E-state index is 8.63. The van der Waals surface area contributed by atoms with Gasteiger partial charge in [-0.3, -0.25) is 0 Å². The number of benzene rings is 3. The lowest BCUT2D eigenvalue weighted by Crippen LogP contribution is -2.44. The van der Waals surface area contributed by atoms with Crippen molar-refractivity contribution in [2.75, 3.05) is 0 Å². The Morgan fingerprint density at radius 2 is 1.19 bits per heavy atom. The summed E-state index contributed by atoms with van der Waals surface area (Å²) in [7, 11) is -1.78. The monoisotopic (exact) mass is 378 g/mol. The average molecular weight is 379 g/mol. The molecule has 0 aliphatic heterocycles. The molecule has 27 heavy (non-hydrogen) atoms. The van der Waals surface area contributed by atoms with Crippen LogP contribution in [-0.4, -0.2) is 13.4 Å². The van der Waals surface area contributed by atoms with Crippen LogP contribution in [0, 0.1) is 13.8 Å². The standard InChI is InChI=1S/C16H20OSi.C8H10O/c1-14-9-11-15(12-10-14)13-17-18(2,3)16-7-5-4-6-8-16;1-7-2-4-8(6-9)5-3-7/h4-12H,13H2,1-3H3;2-5,9H,6H2,1H3. The summed E-state index contributed by atoms with van der Waals surface area (Å²) in [5, 5.41) is 9.97. The number of rotatable bonds is 5. The van der Waals surface area contributed by atoms with Crippen LogP contribution in [0.25, 0.3) is 0 Å². The lowest BCUT2D eigenvalue weighted by molar-refractivity contribution is 0.282. The van der Waals surface area contributed by atoms with Gasteiger partial charge < -0.3 is 9.53 Å². The molecule has 3 aromatic carbocycles. The van der Waals surface area contributed by atoms with Gasteiger partial charge in [-0.1, -0.05) is 90.0 Å².